The van der Waals surface area contributed by atoms with Crippen LogP contribution in [0.1, 0.15) is 5.69 Å². The smallest absolute Gasteiger partial charge is 0.151 e. The summed E-state index contributed by atoms with van der Waals surface area (Å²) in [6.45, 7) is 1.91. The Morgan fingerprint density at radius 1 is 1.22 bits per heavy atom. The summed E-state index contributed by atoms with van der Waals surface area (Å²) < 4.78 is 13.7. The van der Waals surface area contributed by atoms with E-state index in [1.807, 2.05) is 13.0 Å². The van der Waals surface area contributed by atoms with Crippen molar-refractivity contribution in [2.24, 2.45) is 0 Å². The minimum Gasteiger partial charge on any atom is -0.505 e. The fraction of sp³-hybridized carbons (Fsp3) is 0.0714. The van der Waals surface area contributed by atoms with E-state index in [2.05, 4.69) is 4.98 Å². The molecule has 2 nitrogen and oxygen atoms in total. The highest BCUT2D eigenvalue weighted by Gasteiger charge is 2.10. The zero-order chi connectivity index (χ0) is 12.7. The van der Waals surface area contributed by atoms with Gasteiger partial charge in [0.25, 0.3) is 0 Å². The van der Waals surface area contributed by atoms with Crippen molar-refractivity contribution in [1.82, 2.24) is 4.98 Å². The predicted molar refractivity (Wildman–Crippen MR) is 71.4 cm³/mol. The summed E-state index contributed by atoms with van der Waals surface area (Å²) in [5.41, 5.74) is 1.82. The molecule has 0 aliphatic heterocycles. The maximum Gasteiger partial charge on any atom is 0.151 e. The van der Waals surface area contributed by atoms with Crippen molar-refractivity contribution in [3.8, 4) is 16.2 Å². The summed E-state index contributed by atoms with van der Waals surface area (Å²) in [6, 6.07) is 8.32. The number of hydrogen-bond acceptors (Lipinski definition) is 3. The molecule has 4 heteroatoms. The molecular weight excluding hydrogens is 249 g/mol. The van der Waals surface area contributed by atoms with E-state index in [0.717, 1.165) is 26.2 Å². The zero-order valence-corrected chi connectivity index (χ0v) is 10.5. The second-order valence-electron chi connectivity index (χ2n) is 4.09. The molecule has 0 aliphatic rings. The van der Waals surface area contributed by atoms with Gasteiger partial charge < -0.3 is 5.11 Å². The van der Waals surface area contributed by atoms with E-state index < -0.39 is 0 Å². The van der Waals surface area contributed by atoms with E-state index in [0.29, 0.717) is 0 Å². The van der Waals surface area contributed by atoms with Gasteiger partial charge in [-0.1, -0.05) is 12.1 Å². The van der Waals surface area contributed by atoms with Crippen molar-refractivity contribution in [1.29, 1.82) is 0 Å². The molecule has 0 aliphatic carbocycles. The van der Waals surface area contributed by atoms with Crippen molar-refractivity contribution in [2.75, 3.05) is 0 Å². The van der Waals surface area contributed by atoms with Gasteiger partial charge in [-0.15, -0.1) is 11.3 Å². The van der Waals surface area contributed by atoms with Crippen molar-refractivity contribution in [2.45, 2.75) is 6.92 Å². The lowest BCUT2D eigenvalue weighted by atomic mass is 10.1. The molecule has 0 spiro atoms. The molecule has 0 saturated heterocycles. The molecule has 3 aromatic rings. The fourth-order valence-electron chi connectivity index (χ4n) is 1.89. The first-order valence-electron chi connectivity index (χ1n) is 5.49. The highest BCUT2D eigenvalue weighted by molar-refractivity contribution is 7.22. The second kappa shape index (κ2) is 4.07. The summed E-state index contributed by atoms with van der Waals surface area (Å²) in [5.74, 6) is -0.0606. The highest BCUT2D eigenvalue weighted by atomic mass is 32.1. The van der Waals surface area contributed by atoms with E-state index in [9.17, 15) is 9.50 Å². The Labute approximate surface area is 107 Å². The quantitative estimate of drug-likeness (QED) is 0.713. The Kier molecular flexibility index (Phi) is 2.52. The molecule has 0 atom stereocenters. The second-order valence-corrected chi connectivity index (χ2v) is 5.14. The lowest BCUT2D eigenvalue weighted by molar-refractivity contribution is 0.480. The molecule has 0 saturated carbocycles. The molecule has 1 N–H and O–H groups in total. The average Bonchev–Trinajstić information content (AvgIpc) is 2.81. The van der Waals surface area contributed by atoms with Crippen LogP contribution in [0.3, 0.4) is 0 Å². The maximum atomic E-state index is 12.9. The molecule has 0 fully saturated rings. The van der Waals surface area contributed by atoms with E-state index in [-0.39, 0.29) is 11.6 Å². The fourth-order valence-corrected chi connectivity index (χ4v) is 3.02. The summed E-state index contributed by atoms with van der Waals surface area (Å²) in [4.78, 5) is 5.12. The van der Waals surface area contributed by atoms with Crippen LogP contribution in [-0.2, 0) is 0 Å². The number of hydrogen-bond donors (Lipinski definition) is 1. The molecule has 0 unspecified atom stereocenters. The molecule has 2 heterocycles. The summed E-state index contributed by atoms with van der Waals surface area (Å²) in [7, 11) is 0. The number of aryl methyl sites for hydroxylation is 1. The number of halogens is 1. The number of benzene rings is 1. The lowest BCUT2D eigenvalue weighted by Gasteiger charge is -1.95. The Balaban J connectivity index is 2.22. The van der Waals surface area contributed by atoms with Gasteiger partial charge in [0.05, 0.1) is 10.9 Å². The number of aromatic nitrogens is 1. The van der Waals surface area contributed by atoms with Gasteiger partial charge in [0.15, 0.2) is 5.75 Å². The SMILES string of the molecule is Cc1ncc(O)c2sc(-c3ccc(F)cc3)cc12. The van der Waals surface area contributed by atoms with Crippen LogP contribution < -0.4 is 0 Å². The lowest BCUT2D eigenvalue weighted by Crippen LogP contribution is -1.79. The van der Waals surface area contributed by atoms with Gasteiger partial charge in [-0.25, -0.2) is 4.39 Å². The largest absolute Gasteiger partial charge is 0.505 e. The highest BCUT2D eigenvalue weighted by Crippen LogP contribution is 2.38. The monoisotopic (exact) mass is 259 g/mol. The molecule has 2 aromatic heterocycles. The maximum absolute atomic E-state index is 12.9. The van der Waals surface area contributed by atoms with E-state index in [1.54, 1.807) is 12.1 Å². The Bertz CT molecular complexity index is 679. The van der Waals surface area contributed by atoms with E-state index in [4.69, 9.17) is 0 Å². The molecule has 0 radical (unpaired) electrons. The predicted octanol–water partition coefficient (Wildman–Crippen LogP) is 4.12. The number of nitrogens with zero attached hydrogens (tertiary/aromatic N) is 1. The van der Waals surface area contributed by atoms with Gasteiger partial charge in [0.1, 0.15) is 5.82 Å². The van der Waals surface area contributed by atoms with Crippen LogP contribution in [0.2, 0.25) is 0 Å². The third kappa shape index (κ3) is 1.75. The van der Waals surface area contributed by atoms with Gasteiger partial charge in [-0.3, -0.25) is 4.98 Å². The minimum absolute atomic E-state index is 0.189. The van der Waals surface area contributed by atoms with E-state index >= 15 is 0 Å². The van der Waals surface area contributed by atoms with E-state index in [1.165, 1.54) is 29.7 Å². The number of rotatable bonds is 1. The van der Waals surface area contributed by atoms with Gasteiger partial charge in [-0.05, 0) is 30.7 Å². The standard InChI is InChI=1S/C14H10FNOS/c1-8-11-6-13(9-2-4-10(15)5-3-9)18-14(11)12(17)7-16-8/h2-7,17H,1H3. The Hall–Kier alpha value is -1.94. The first-order valence-corrected chi connectivity index (χ1v) is 6.31. The van der Waals surface area contributed by atoms with Crippen LogP contribution in [0.4, 0.5) is 4.39 Å². The average molecular weight is 259 g/mol. The number of pyridine rings is 1. The van der Waals surface area contributed by atoms with Crippen molar-refractivity contribution in [3.63, 3.8) is 0 Å². The first kappa shape index (κ1) is 11.2. The third-order valence-electron chi connectivity index (χ3n) is 2.86. The molecule has 0 bridgehead atoms. The Morgan fingerprint density at radius 2 is 1.94 bits per heavy atom. The van der Waals surface area contributed by atoms with Gasteiger partial charge >= 0.3 is 0 Å². The topological polar surface area (TPSA) is 33.1 Å². The Morgan fingerprint density at radius 3 is 2.61 bits per heavy atom. The molecule has 3 rings (SSSR count). The molecule has 18 heavy (non-hydrogen) atoms. The van der Waals surface area contributed by atoms with Crippen LogP contribution in [0.25, 0.3) is 20.5 Å². The van der Waals surface area contributed by atoms with Crippen LogP contribution >= 0.6 is 11.3 Å². The number of aromatic hydroxyl groups is 1. The summed E-state index contributed by atoms with van der Waals surface area (Å²) in [6.07, 6.45) is 1.46. The zero-order valence-electron chi connectivity index (χ0n) is 9.64. The molecule has 1 aromatic carbocycles. The van der Waals surface area contributed by atoms with Crippen molar-refractivity contribution in [3.05, 3.63) is 48.0 Å². The first-order chi connectivity index (χ1) is 8.65. The van der Waals surface area contributed by atoms with Crippen molar-refractivity contribution < 1.29 is 9.50 Å². The van der Waals surface area contributed by atoms with Gasteiger partial charge in [0, 0.05) is 16.0 Å². The van der Waals surface area contributed by atoms with Crippen LogP contribution in [-0.4, -0.2) is 10.1 Å². The number of fused-ring (bicyclic) bond motifs is 1. The van der Waals surface area contributed by atoms with Crippen LogP contribution in [0.15, 0.2) is 36.5 Å². The van der Waals surface area contributed by atoms with Gasteiger partial charge in [-0.2, -0.15) is 0 Å². The molecular formula is C14H10FNOS. The summed E-state index contributed by atoms with van der Waals surface area (Å²) >= 11 is 1.48. The number of thiophene rings is 1. The molecule has 0 amide bonds. The van der Waals surface area contributed by atoms with Gasteiger partial charge in [0.2, 0.25) is 0 Å². The summed E-state index contributed by atoms with van der Waals surface area (Å²) in [5, 5.41) is 10.7. The molecule has 90 valence electrons. The normalized spacial score (nSPS) is 11.0. The third-order valence-corrected chi connectivity index (χ3v) is 4.07. The van der Waals surface area contributed by atoms with Crippen molar-refractivity contribution >= 4 is 21.4 Å². The van der Waals surface area contributed by atoms with Crippen LogP contribution in [0, 0.1) is 12.7 Å². The minimum atomic E-state index is -0.249. The van der Waals surface area contributed by atoms with Crippen LogP contribution in [0.5, 0.6) is 5.75 Å².